The Kier molecular flexibility index (Phi) is 5.84. The first-order valence-electron chi connectivity index (χ1n) is 9.96. The number of methoxy groups -OCH3 is 1. The van der Waals surface area contributed by atoms with Crippen LogP contribution in [-0.4, -0.2) is 29.7 Å². The van der Waals surface area contributed by atoms with Gasteiger partial charge in [0.05, 0.1) is 25.8 Å². The fraction of sp³-hybridized carbons (Fsp3) is 0.250. The molecule has 0 saturated heterocycles. The molecule has 0 amide bonds. The third-order valence-electron chi connectivity index (χ3n) is 5.04. The molecule has 1 N–H and O–H groups in total. The van der Waals surface area contributed by atoms with E-state index in [0.29, 0.717) is 12.5 Å². The monoisotopic (exact) mass is 404 g/mol. The number of nitrogens with zero attached hydrogens (tertiary/aromatic N) is 1. The van der Waals surface area contributed by atoms with Gasteiger partial charge in [0.15, 0.2) is 0 Å². The van der Waals surface area contributed by atoms with Crippen LogP contribution in [0.1, 0.15) is 23.4 Å². The number of carbonyl (C=O) groups is 1. The molecule has 2 aromatic carbocycles. The topological polar surface area (TPSA) is 77.4 Å². The molecule has 4 rings (SSSR count). The van der Waals surface area contributed by atoms with Gasteiger partial charge in [0.1, 0.15) is 11.5 Å². The Morgan fingerprint density at radius 1 is 1.13 bits per heavy atom. The number of hydrogen-bond donors (Lipinski definition) is 1. The number of benzene rings is 2. The normalized spacial score (nSPS) is 11.0. The number of carbonyl (C=O) groups excluding carboxylic acids is 1. The molecular weight excluding hydrogens is 380 g/mol. The number of aryl methyl sites for hydroxylation is 2. The summed E-state index contributed by atoms with van der Waals surface area (Å²) >= 11 is 0. The van der Waals surface area contributed by atoms with Crippen LogP contribution in [0, 0.1) is 6.92 Å². The van der Waals surface area contributed by atoms with Crippen LogP contribution in [0.25, 0.3) is 22.4 Å². The van der Waals surface area contributed by atoms with E-state index < -0.39 is 0 Å². The highest BCUT2D eigenvalue weighted by Gasteiger charge is 2.14. The second-order valence-corrected chi connectivity index (χ2v) is 7.09. The lowest BCUT2D eigenvalue weighted by atomic mass is 10.1. The number of fused-ring (bicyclic) bond motifs is 1. The largest absolute Gasteiger partial charge is 0.493 e. The average Bonchev–Trinajstić information content (AvgIpc) is 3.35. The van der Waals surface area contributed by atoms with E-state index in [1.165, 1.54) is 7.11 Å². The number of aromatic nitrogens is 2. The molecular formula is C24H24N2O4. The van der Waals surface area contributed by atoms with Crippen molar-refractivity contribution in [2.24, 2.45) is 0 Å². The smallest absolute Gasteiger partial charge is 0.310 e. The SMILES string of the molecule is COC(=O)Cc1c[nH]c2cccc(OCCCc3nc(-c4ccccc4)oc3C)c12. The van der Waals surface area contributed by atoms with Crippen LogP contribution < -0.4 is 4.74 Å². The van der Waals surface area contributed by atoms with Crippen molar-refractivity contribution in [2.45, 2.75) is 26.2 Å². The minimum Gasteiger partial charge on any atom is -0.493 e. The Morgan fingerprint density at radius 2 is 1.97 bits per heavy atom. The van der Waals surface area contributed by atoms with E-state index in [1.54, 1.807) is 0 Å². The first-order chi connectivity index (χ1) is 14.7. The van der Waals surface area contributed by atoms with E-state index in [4.69, 9.17) is 13.9 Å². The maximum Gasteiger partial charge on any atom is 0.310 e. The minimum absolute atomic E-state index is 0.206. The van der Waals surface area contributed by atoms with Crippen molar-refractivity contribution in [3.63, 3.8) is 0 Å². The summed E-state index contributed by atoms with van der Waals surface area (Å²) in [6.45, 7) is 2.48. The predicted molar refractivity (Wildman–Crippen MR) is 115 cm³/mol. The van der Waals surface area contributed by atoms with E-state index >= 15 is 0 Å². The van der Waals surface area contributed by atoms with Gasteiger partial charge in [-0.25, -0.2) is 4.98 Å². The molecule has 0 aliphatic rings. The standard InChI is InChI=1S/C24H24N2O4/c1-16-19(26-24(30-16)17-8-4-3-5-9-17)11-7-13-29-21-12-6-10-20-23(21)18(15-25-20)14-22(27)28-2/h3-6,8-10,12,15,25H,7,11,13-14H2,1-2H3. The summed E-state index contributed by atoms with van der Waals surface area (Å²) < 4.78 is 16.7. The summed E-state index contributed by atoms with van der Waals surface area (Å²) in [6.07, 6.45) is 3.60. The molecule has 6 nitrogen and oxygen atoms in total. The number of rotatable bonds is 8. The minimum atomic E-state index is -0.276. The molecule has 2 aromatic heterocycles. The first-order valence-corrected chi connectivity index (χ1v) is 9.96. The van der Waals surface area contributed by atoms with Crippen LogP contribution >= 0.6 is 0 Å². The van der Waals surface area contributed by atoms with Crippen molar-refractivity contribution in [2.75, 3.05) is 13.7 Å². The summed E-state index contributed by atoms with van der Waals surface area (Å²) in [7, 11) is 1.39. The molecule has 2 heterocycles. The van der Waals surface area contributed by atoms with Crippen LogP contribution in [0.2, 0.25) is 0 Å². The Balaban J connectivity index is 1.41. The van der Waals surface area contributed by atoms with Gasteiger partial charge in [-0.3, -0.25) is 4.79 Å². The zero-order valence-corrected chi connectivity index (χ0v) is 17.1. The van der Waals surface area contributed by atoms with Gasteiger partial charge in [0.2, 0.25) is 5.89 Å². The average molecular weight is 404 g/mol. The van der Waals surface area contributed by atoms with Crippen molar-refractivity contribution in [3.05, 3.63) is 71.7 Å². The Hall–Kier alpha value is -3.54. The molecule has 0 aliphatic carbocycles. The lowest BCUT2D eigenvalue weighted by molar-refractivity contribution is -0.139. The number of hydrogen-bond acceptors (Lipinski definition) is 5. The van der Waals surface area contributed by atoms with E-state index in [2.05, 4.69) is 9.97 Å². The molecule has 30 heavy (non-hydrogen) atoms. The number of H-pyrrole nitrogens is 1. The highest BCUT2D eigenvalue weighted by molar-refractivity contribution is 5.92. The lowest BCUT2D eigenvalue weighted by Gasteiger charge is -2.08. The quantitative estimate of drug-likeness (QED) is 0.335. The molecule has 0 radical (unpaired) electrons. The molecule has 154 valence electrons. The summed E-state index contributed by atoms with van der Waals surface area (Å²) in [6, 6.07) is 15.7. The van der Waals surface area contributed by atoms with Crippen molar-refractivity contribution in [1.29, 1.82) is 0 Å². The van der Waals surface area contributed by atoms with Crippen molar-refractivity contribution in [3.8, 4) is 17.2 Å². The molecule has 0 unspecified atom stereocenters. The van der Waals surface area contributed by atoms with Gasteiger partial charge in [-0.05, 0) is 49.6 Å². The van der Waals surface area contributed by atoms with Crippen LogP contribution in [0.15, 0.2) is 59.1 Å². The van der Waals surface area contributed by atoms with Gasteiger partial charge >= 0.3 is 5.97 Å². The molecule has 0 fully saturated rings. The van der Waals surface area contributed by atoms with E-state index in [0.717, 1.165) is 52.1 Å². The van der Waals surface area contributed by atoms with Gasteiger partial charge in [-0.1, -0.05) is 24.3 Å². The summed E-state index contributed by atoms with van der Waals surface area (Å²) in [5.41, 5.74) is 3.72. The molecule has 6 heteroatoms. The maximum atomic E-state index is 11.7. The highest BCUT2D eigenvalue weighted by atomic mass is 16.5. The first kappa shape index (κ1) is 19.8. The fourth-order valence-electron chi connectivity index (χ4n) is 3.49. The van der Waals surface area contributed by atoms with E-state index in [1.807, 2.05) is 61.7 Å². The van der Waals surface area contributed by atoms with Gasteiger partial charge in [-0.15, -0.1) is 0 Å². The van der Waals surface area contributed by atoms with E-state index in [-0.39, 0.29) is 12.4 Å². The zero-order chi connectivity index (χ0) is 20.9. The maximum absolute atomic E-state index is 11.7. The molecule has 0 bridgehead atoms. The molecule has 4 aromatic rings. The number of esters is 1. The van der Waals surface area contributed by atoms with Crippen molar-refractivity contribution < 1.29 is 18.7 Å². The lowest BCUT2D eigenvalue weighted by Crippen LogP contribution is -2.05. The van der Waals surface area contributed by atoms with Crippen LogP contribution in [0.4, 0.5) is 0 Å². The van der Waals surface area contributed by atoms with Gasteiger partial charge in [0.25, 0.3) is 0 Å². The third kappa shape index (κ3) is 4.22. The molecule has 0 saturated carbocycles. The number of nitrogens with one attached hydrogen (secondary N) is 1. The molecule has 0 spiro atoms. The zero-order valence-electron chi connectivity index (χ0n) is 17.1. The second-order valence-electron chi connectivity index (χ2n) is 7.09. The summed E-state index contributed by atoms with van der Waals surface area (Å²) in [4.78, 5) is 19.5. The Bertz CT molecular complexity index is 1140. The predicted octanol–water partition coefficient (Wildman–Crippen LogP) is 4.86. The van der Waals surface area contributed by atoms with Crippen LogP contribution in [0.5, 0.6) is 5.75 Å². The van der Waals surface area contributed by atoms with Crippen LogP contribution in [-0.2, 0) is 22.4 Å². The van der Waals surface area contributed by atoms with Gasteiger partial charge in [0, 0.05) is 22.7 Å². The third-order valence-corrected chi connectivity index (χ3v) is 5.04. The highest BCUT2D eigenvalue weighted by Crippen LogP contribution is 2.29. The van der Waals surface area contributed by atoms with E-state index in [9.17, 15) is 4.79 Å². The summed E-state index contributed by atoms with van der Waals surface area (Å²) in [5.74, 6) is 1.96. The second kappa shape index (κ2) is 8.86. The Labute approximate surface area is 174 Å². The number of ether oxygens (including phenoxy) is 2. The molecule has 0 atom stereocenters. The van der Waals surface area contributed by atoms with Gasteiger partial charge in [-0.2, -0.15) is 0 Å². The molecule has 0 aliphatic heterocycles. The number of oxazole rings is 1. The summed E-state index contributed by atoms with van der Waals surface area (Å²) in [5, 5.41) is 0.923. The Morgan fingerprint density at radius 3 is 2.77 bits per heavy atom. The van der Waals surface area contributed by atoms with Crippen molar-refractivity contribution in [1.82, 2.24) is 9.97 Å². The van der Waals surface area contributed by atoms with Gasteiger partial charge < -0.3 is 18.9 Å². The van der Waals surface area contributed by atoms with Crippen LogP contribution in [0.3, 0.4) is 0 Å². The van der Waals surface area contributed by atoms with Crippen molar-refractivity contribution >= 4 is 16.9 Å². The fourth-order valence-corrected chi connectivity index (χ4v) is 3.49. The number of aromatic amines is 1.